The average Bonchev–Trinajstić information content (AvgIpc) is 2.95. The lowest BCUT2D eigenvalue weighted by Crippen LogP contribution is -2.30. The van der Waals surface area contributed by atoms with Gasteiger partial charge in [0, 0.05) is 6.04 Å². The monoisotopic (exact) mass is 183 g/mol. The van der Waals surface area contributed by atoms with Gasteiger partial charge in [-0.3, -0.25) is 4.79 Å². The van der Waals surface area contributed by atoms with Crippen LogP contribution in [0.15, 0.2) is 0 Å². The molecule has 0 aromatic heterocycles. The second-order valence-corrected chi connectivity index (χ2v) is 4.02. The number of epoxide rings is 1. The van der Waals surface area contributed by atoms with Gasteiger partial charge in [0.1, 0.15) is 0 Å². The third-order valence-electron chi connectivity index (χ3n) is 2.61. The third-order valence-corrected chi connectivity index (χ3v) is 2.61. The molecule has 1 saturated heterocycles. The zero-order valence-electron chi connectivity index (χ0n) is 8.08. The molecule has 3 heteroatoms. The van der Waals surface area contributed by atoms with Crippen molar-refractivity contribution >= 4 is 5.91 Å². The zero-order valence-corrected chi connectivity index (χ0v) is 8.08. The fourth-order valence-corrected chi connectivity index (χ4v) is 1.51. The summed E-state index contributed by atoms with van der Waals surface area (Å²) in [5.74, 6) is 0.114. The van der Waals surface area contributed by atoms with Crippen LogP contribution in [0.25, 0.3) is 0 Å². The SMILES string of the molecule is CCCCC1OC1C(=O)NC1CC1. The first-order valence-electron chi connectivity index (χ1n) is 5.27. The first kappa shape index (κ1) is 9.00. The number of carbonyl (C=O) groups is 1. The number of hydrogen-bond acceptors (Lipinski definition) is 2. The van der Waals surface area contributed by atoms with Crippen LogP contribution < -0.4 is 5.32 Å². The number of rotatable bonds is 5. The van der Waals surface area contributed by atoms with Crippen LogP contribution in [0.3, 0.4) is 0 Å². The summed E-state index contributed by atoms with van der Waals surface area (Å²) in [6.07, 6.45) is 5.79. The van der Waals surface area contributed by atoms with E-state index in [4.69, 9.17) is 4.74 Å². The van der Waals surface area contributed by atoms with E-state index in [-0.39, 0.29) is 18.1 Å². The Morgan fingerprint density at radius 2 is 2.31 bits per heavy atom. The lowest BCUT2D eigenvalue weighted by Gasteiger charge is -1.98. The quantitative estimate of drug-likeness (QED) is 0.651. The molecule has 2 atom stereocenters. The number of hydrogen-bond donors (Lipinski definition) is 1. The summed E-state index contributed by atoms with van der Waals surface area (Å²) in [7, 11) is 0. The van der Waals surface area contributed by atoms with E-state index in [1.165, 1.54) is 6.42 Å². The van der Waals surface area contributed by atoms with Crippen molar-refractivity contribution in [3.63, 3.8) is 0 Å². The van der Waals surface area contributed by atoms with Crippen LogP contribution in [0.4, 0.5) is 0 Å². The van der Waals surface area contributed by atoms with Crippen molar-refractivity contribution in [1.82, 2.24) is 5.32 Å². The Bertz CT molecular complexity index is 201. The Morgan fingerprint density at radius 3 is 2.92 bits per heavy atom. The number of unbranched alkanes of at least 4 members (excludes halogenated alkanes) is 1. The molecule has 1 heterocycles. The van der Waals surface area contributed by atoms with Crippen LogP contribution in [0.5, 0.6) is 0 Å². The molecule has 0 spiro atoms. The lowest BCUT2D eigenvalue weighted by molar-refractivity contribution is -0.122. The van der Waals surface area contributed by atoms with E-state index < -0.39 is 0 Å². The van der Waals surface area contributed by atoms with Gasteiger partial charge in [0.05, 0.1) is 6.10 Å². The highest BCUT2D eigenvalue weighted by Crippen LogP contribution is 2.28. The molecule has 0 bridgehead atoms. The summed E-state index contributed by atoms with van der Waals surface area (Å²) in [5.41, 5.74) is 0. The van der Waals surface area contributed by atoms with Crippen molar-refractivity contribution in [2.45, 2.75) is 57.3 Å². The van der Waals surface area contributed by atoms with E-state index in [1.54, 1.807) is 0 Å². The van der Waals surface area contributed by atoms with Gasteiger partial charge in [-0.25, -0.2) is 0 Å². The third kappa shape index (κ3) is 2.44. The molecule has 1 saturated carbocycles. The summed E-state index contributed by atoms with van der Waals surface area (Å²) >= 11 is 0. The van der Waals surface area contributed by atoms with Crippen molar-refractivity contribution in [3.05, 3.63) is 0 Å². The molecule has 1 aliphatic carbocycles. The van der Waals surface area contributed by atoms with Crippen LogP contribution in [-0.4, -0.2) is 24.2 Å². The molecule has 2 unspecified atom stereocenters. The molecule has 3 nitrogen and oxygen atoms in total. The molecule has 1 N–H and O–H groups in total. The van der Waals surface area contributed by atoms with Gasteiger partial charge in [-0.1, -0.05) is 19.8 Å². The minimum Gasteiger partial charge on any atom is -0.359 e. The summed E-state index contributed by atoms with van der Waals surface area (Å²) in [4.78, 5) is 11.4. The fourth-order valence-electron chi connectivity index (χ4n) is 1.51. The minimum atomic E-state index is -0.118. The number of carbonyl (C=O) groups excluding carboxylic acids is 1. The van der Waals surface area contributed by atoms with E-state index in [1.807, 2.05) is 0 Å². The smallest absolute Gasteiger partial charge is 0.252 e. The van der Waals surface area contributed by atoms with Gasteiger partial charge >= 0.3 is 0 Å². The van der Waals surface area contributed by atoms with Crippen molar-refractivity contribution in [3.8, 4) is 0 Å². The van der Waals surface area contributed by atoms with Gasteiger partial charge < -0.3 is 10.1 Å². The van der Waals surface area contributed by atoms with E-state index in [0.29, 0.717) is 6.04 Å². The zero-order chi connectivity index (χ0) is 9.26. The molecular weight excluding hydrogens is 166 g/mol. The molecule has 0 aromatic rings. The maximum absolute atomic E-state index is 11.4. The van der Waals surface area contributed by atoms with E-state index in [9.17, 15) is 4.79 Å². The predicted octanol–water partition coefficient (Wildman–Crippen LogP) is 1.22. The highest BCUT2D eigenvalue weighted by Gasteiger charge is 2.45. The summed E-state index contributed by atoms with van der Waals surface area (Å²) in [6.45, 7) is 2.15. The van der Waals surface area contributed by atoms with E-state index >= 15 is 0 Å². The number of amides is 1. The number of nitrogens with one attached hydrogen (secondary N) is 1. The normalized spacial score (nSPS) is 31.5. The van der Waals surface area contributed by atoms with Gasteiger partial charge in [-0.2, -0.15) is 0 Å². The number of ether oxygens (including phenoxy) is 1. The summed E-state index contributed by atoms with van der Waals surface area (Å²) in [6, 6.07) is 0.462. The van der Waals surface area contributed by atoms with E-state index in [0.717, 1.165) is 25.7 Å². The highest BCUT2D eigenvalue weighted by atomic mass is 16.6. The van der Waals surface area contributed by atoms with E-state index in [2.05, 4.69) is 12.2 Å². The maximum Gasteiger partial charge on any atom is 0.252 e. The van der Waals surface area contributed by atoms with Gasteiger partial charge in [0.2, 0.25) is 0 Å². The van der Waals surface area contributed by atoms with Crippen LogP contribution in [0, 0.1) is 0 Å². The van der Waals surface area contributed by atoms with Crippen molar-refractivity contribution in [1.29, 1.82) is 0 Å². The standard InChI is InChI=1S/C10H17NO2/c1-2-3-4-8-9(13-8)10(12)11-7-5-6-7/h7-9H,2-6H2,1H3,(H,11,12). The minimum absolute atomic E-state index is 0.114. The van der Waals surface area contributed by atoms with Gasteiger partial charge in [0.15, 0.2) is 6.10 Å². The lowest BCUT2D eigenvalue weighted by atomic mass is 10.1. The topological polar surface area (TPSA) is 41.6 Å². The molecule has 0 aromatic carbocycles. The Hall–Kier alpha value is -0.570. The highest BCUT2D eigenvalue weighted by molar-refractivity contribution is 5.84. The average molecular weight is 183 g/mol. The second kappa shape index (κ2) is 3.66. The largest absolute Gasteiger partial charge is 0.359 e. The Morgan fingerprint density at radius 1 is 1.54 bits per heavy atom. The van der Waals surface area contributed by atoms with Crippen LogP contribution in [0.1, 0.15) is 39.0 Å². The molecule has 2 rings (SSSR count). The molecule has 1 aliphatic heterocycles. The van der Waals surface area contributed by atoms with Crippen molar-refractivity contribution in [2.75, 3.05) is 0 Å². The Kier molecular flexibility index (Phi) is 2.54. The molecule has 1 amide bonds. The maximum atomic E-state index is 11.4. The molecule has 74 valence electrons. The first-order chi connectivity index (χ1) is 6.31. The van der Waals surface area contributed by atoms with Crippen LogP contribution >= 0.6 is 0 Å². The fraction of sp³-hybridized carbons (Fsp3) is 0.900. The molecule has 2 fully saturated rings. The molecule has 13 heavy (non-hydrogen) atoms. The Labute approximate surface area is 78.8 Å². The van der Waals surface area contributed by atoms with Crippen molar-refractivity contribution < 1.29 is 9.53 Å². The Balaban J connectivity index is 1.63. The second-order valence-electron chi connectivity index (χ2n) is 4.02. The molecule has 2 aliphatic rings. The summed E-state index contributed by atoms with van der Waals surface area (Å²) < 4.78 is 5.30. The van der Waals surface area contributed by atoms with Gasteiger partial charge in [-0.05, 0) is 19.3 Å². The van der Waals surface area contributed by atoms with Gasteiger partial charge in [0.25, 0.3) is 5.91 Å². The predicted molar refractivity (Wildman–Crippen MR) is 49.4 cm³/mol. The molecule has 0 radical (unpaired) electrons. The summed E-state index contributed by atoms with van der Waals surface area (Å²) in [5, 5.41) is 2.96. The molecular formula is C10H17NO2. The van der Waals surface area contributed by atoms with Crippen LogP contribution in [-0.2, 0) is 9.53 Å². The first-order valence-corrected chi connectivity index (χ1v) is 5.27. The van der Waals surface area contributed by atoms with Gasteiger partial charge in [-0.15, -0.1) is 0 Å². The van der Waals surface area contributed by atoms with Crippen LogP contribution in [0.2, 0.25) is 0 Å². The van der Waals surface area contributed by atoms with Crippen molar-refractivity contribution in [2.24, 2.45) is 0 Å².